The molecule has 11 heteroatoms. The van der Waals surface area contributed by atoms with Crippen LogP contribution in [0, 0.1) is 24.5 Å². The summed E-state index contributed by atoms with van der Waals surface area (Å²) in [7, 11) is 1.26. The molecule has 2 heterocycles. The summed E-state index contributed by atoms with van der Waals surface area (Å²) in [6.45, 7) is 2.30. The highest BCUT2D eigenvalue weighted by molar-refractivity contribution is 5.91. The molecule has 0 bridgehead atoms. The van der Waals surface area contributed by atoms with Gasteiger partial charge >= 0.3 is 11.9 Å². The minimum Gasteiger partial charge on any atom is -0.478 e. The van der Waals surface area contributed by atoms with E-state index in [4.69, 9.17) is 19.9 Å². The molecular weight excluding hydrogens is 572 g/mol. The van der Waals surface area contributed by atoms with E-state index in [1.54, 1.807) is 31.2 Å². The molecule has 0 saturated carbocycles. The maximum absolute atomic E-state index is 16.2. The molecule has 1 aliphatic rings. The molecule has 0 amide bonds. The van der Waals surface area contributed by atoms with Crippen LogP contribution in [0.1, 0.15) is 34.3 Å². The number of piperidine rings is 1. The van der Waals surface area contributed by atoms with Gasteiger partial charge < -0.3 is 30.0 Å². The molecule has 0 aliphatic carbocycles. The molecule has 44 heavy (non-hydrogen) atoms. The van der Waals surface area contributed by atoms with Crippen LogP contribution in [0.4, 0.5) is 14.5 Å². The number of pyridine rings is 1. The van der Waals surface area contributed by atoms with Gasteiger partial charge in [0.25, 0.3) is 11.8 Å². The van der Waals surface area contributed by atoms with Crippen LogP contribution >= 0.6 is 0 Å². The van der Waals surface area contributed by atoms with Crippen molar-refractivity contribution in [1.29, 1.82) is 0 Å². The zero-order valence-corrected chi connectivity index (χ0v) is 24.2. The number of anilines is 1. The monoisotopic (exact) mass is 603 g/mol. The predicted molar refractivity (Wildman–Crippen MR) is 159 cm³/mol. The maximum Gasteiger partial charge on any atom is 0.339 e. The van der Waals surface area contributed by atoms with Crippen molar-refractivity contribution in [1.82, 2.24) is 4.98 Å². The lowest BCUT2D eigenvalue weighted by Gasteiger charge is -2.33. The fraction of sp³-hybridized carbons (Fsp3) is 0.242. The van der Waals surface area contributed by atoms with Crippen LogP contribution in [0.3, 0.4) is 0 Å². The minimum absolute atomic E-state index is 0.0127. The number of carbonyl (C=O) groups excluding carboxylic acids is 1. The number of rotatable bonds is 9. The third kappa shape index (κ3) is 6.47. The molecule has 1 fully saturated rings. The van der Waals surface area contributed by atoms with Crippen LogP contribution < -0.4 is 20.1 Å². The maximum atomic E-state index is 16.2. The third-order valence-electron chi connectivity index (χ3n) is 7.39. The number of aryl methyl sites for hydroxylation is 1. The van der Waals surface area contributed by atoms with Crippen LogP contribution in [0.2, 0.25) is 0 Å². The molecule has 3 N–H and O–H groups in total. The largest absolute Gasteiger partial charge is 0.478 e. The Morgan fingerprint density at radius 1 is 1.00 bits per heavy atom. The highest BCUT2D eigenvalue weighted by Gasteiger charge is 2.33. The summed E-state index contributed by atoms with van der Waals surface area (Å²) in [5, 5.41) is 9.68. The van der Waals surface area contributed by atoms with Gasteiger partial charge in [0.05, 0.1) is 13.0 Å². The Balaban J connectivity index is 1.59. The molecule has 0 spiro atoms. The third-order valence-corrected chi connectivity index (χ3v) is 7.39. The lowest BCUT2D eigenvalue weighted by atomic mass is 9.97. The average molecular weight is 604 g/mol. The number of nitrogens with zero attached hydrogens (tertiary/aromatic N) is 2. The highest BCUT2D eigenvalue weighted by Crippen LogP contribution is 2.40. The average Bonchev–Trinajstić information content (AvgIpc) is 3.03. The fourth-order valence-corrected chi connectivity index (χ4v) is 5.16. The normalized spacial score (nSPS) is 14.7. The van der Waals surface area contributed by atoms with Gasteiger partial charge in [0, 0.05) is 19.6 Å². The van der Waals surface area contributed by atoms with E-state index in [9.17, 15) is 14.7 Å². The molecule has 5 rings (SSSR count). The first-order valence-corrected chi connectivity index (χ1v) is 14.0. The Bertz CT molecular complexity index is 1710. The Kier molecular flexibility index (Phi) is 9.05. The first-order valence-electron chi connectivity index (χ1n) is 14.0. The van der Waals surface area contributed by atoms with Crippen LogP contribution in [0.15, 0.2) is 66.7 Å². The predicted octanol–water partition coefficient (Wildman–Crippen LogP) is 6.47. The van der Waals surface area contributed by atoms with Gasteiger partial charge in [-0.25, -0.2) is 4.79 Å². The number of halogens is 2. The van der Waals surface area contributed by atoms with E-state index in [0.717, 1.165) is 16.7 Å². The van der Waals surface area contributed by atoms with Crippen molar-refractivity contribution < 1.29 is 37.7 Å². The number of benzene rings is 3. The zero-order valence-electron chi connectivity index (χ0n) is 24.2. The lowest BCUT2D eigenvalue weighted by Crippen LogP contribution is -2.40. The van der Waals surface area contributed by atoms with E-state index in [1.165, 1.54) is 24.1 Å². The van der Waals surface area contributed by atoms with Crippen molar-refractivity contribution in [2.24, 2.45) is 11.7 Å². The molecule has 9 nitrogen and oxygen atoms in total. The van der Waals surface area contributed by atoms with Crippen LogP contribution in [0.5, 0.6) is 23.3 Å². The second kappa shape index (κ2) is 13.1. The number of carbonyl (C=O) groups is 2. The molecule has 1 aromatic heterocycles. The number of carboxylic acids is 1. The second-order valence-electron chi connectivity index (χ2n) is 10.4. The van der Waals surface area contributed by atoms with Crippen molar-refractivity contribution >= 4 is 17.6 Å². The Morgan fingerprint density at radius 3 is 2.41 bits per heavy atom. The standard InChI is InChI=1S/C33H31F2N3O6/c1-19-11-12-25(32(39)40)26(14-19)44-31-28(35)29(38-13-5-9-23(18-38)33(41)42-2)27(34)30(37-31)43-24-10-4-8-22(16-24)21-7-3-6-20(15-21)17-36/h3-4,6-8,10-12,14-16,23H,5,9,13,17-18,36H2,1-2H3,(H,39,40). The summed E-state index contributed by atoms with van der Waals surface area (Å²) in [6.07, 6.45) is 0.964. The van der Waals surface area contributed by atoms with Gasteiger partial charge in [0.15, 0.2) is 0 Å². The van der Waals surface area contributed by atoms with Gasteiger partial charge in [0.1, 0.15) is 22.7 Å². The fourth-order valence-electron chi connectivity index (χ4n) is 5.16. The SMILES string of the molecule is COC(=O)C1CCCN(c2c(F)c(Oc3cccc(-c4cccc(CN)c4)c3)nc(Oc3cc(C)ccc3C(=O)O)c2F)C1. The van der Waals surface area contributed by atoms with Crippen LogP contribution in [0.25, 0.3) is 11.1 Å². The number of aromatic carboxylic acids is 1. The Morgan fingerprint density at radius 2 is 1.70 bits per heavy atom. The van der Waals surface area contributed by atoms with Crippen molar-refractivity contribution in [3.05, 3.63) is 95.1 Å². The quantitative estimate of drug-likeness (QED) is 0.207. The molecule has 1 unspecified atom stereocenters. The molecule has 1 aliphatic heterocycles. The van der Waals surface area contributed by atoms with Gasteiger partial charge in [0.2, 0.25) is 11.6 Å². The summed E-state index contributed by atoms with van der Waals surface area (Å²) in [5.74, 6) is -5.89. The van der Waals surface area contributed by atoms with E-state index in [2.05, 4.69) is 4.98 Å². The van der Waals surface area contributed by atoms with E-state index in [0.29, 0.717) is 24.9 Å². The molecule has 3 aromatic carbocycles. The summed E-state index contributed by atoms with van der Waals surface area (Å²) >= 11 is 0. The topological polar surface area (TPSA) is 124 Å². The molecule has 4 aromatic rings. The highest BCUT2D eigenvalue weighted by atomic mass is 19.1. The summed E-state index contributed by atoms with van der Waals surface area (Å²) < 4.78 is 48.8. The molecule has 0 radical (unpaired) electrons. The lowest BCUT2D eigenvalue weighted by molar-refractivity contribution is -0.145. The van der Waals surface area contributed by atoms with Crippen molar-refractivity contribution in [3.8, 4) is 34.4 Å². The molecule has 1 saturated heterocycles. The van der Waals surface area contributed by atoms with Crippen LogP contribution in [-0.2, 0) is 16.1 Å². The first-order chi connectivity index (χ1) is 21.2. The van der Waals surface area contributed by atoms with Crippen LogP contribution in [-0.4, -0.2) is 42.2 Å². The molecule has 1 atom stereocenters. The van der Waals surface area contributed by atoms with E-state index in [1.807, 2.05) is 30.3 Å². The summed E-state index contributed by atoms with van der Waals surface area (Å²) in [5.41, 5.74) is 8.25. The number of methoxy groups -OCH3 is 1. The Hall–Kier alpha value is -5.03. The number of hydrogen-bond donors (Lipinski definition) is 2. The number of nitrogens with two attached hydrogens (primary N) is 1. The van der Waals surface area contributed by atoms with Crippen molar-refractivity contribution in [2.75, 3.05) is 25.1 Å². The summed E-state index contributed by atoms with van der Waals surface area (Å²) in [4.78, 5) is 29.6. The zero-order chi connectivity index (χ0) is 31.4. The van der Waals surface area contributed by atoms with Gasteiger partial charge in [-0.05, 0) is 72.4 Å². The summed E-state index contributed by atoms with van der Waals surface area (Å²) in [6, 6.07) is 18.8. The number of esters is 1. The van der Waals surface area contributed by atoms with E-state index in [-0.39, 0.29) is 30.2 Å². The first kappa shape index (κ1) is 30.4. The smallest absolute Gasteiger partial charge is 0.339 e. The molecule has 228 valence electrons. The van der Waals surface area contributed by atoms with Gasteiger partial charge in [-0.1, -0.05) is 36.4 Å². The number of hydrogen-bond acceptors (Lipinski definition) is 8. The number of carboxylic acid groups (broad SMARTS) is 1. The van der Waals surface area contributed by atoms with Gasteiger partial charge in [-0.3, -0.25) is 4.79 Å². The van der Waals surface area contributed by atoms with E-state index < -0.39 is 46.9 Å². The second-order valence-corrected chi connectivity index (χ2v) is 10.4. The Labute approximate surface area is 252 Å². The number of ether oxygens (including phenoxy) is 3. The van der Waals surface area contributed by atoms with E-state index >= 15 is 8.78 Å². The number of aromatic nitrogens is 1. The van der Waals surface area contributed by atoms with Crippen molar-refractivity contribution in [2.45, 2.75) is 26.3 Å². The van der Waals surface area contributed by atoms with Gasteiger partial charge in [-0.15, -0.1) is 0 Å². The molecular formula is C33H31F2N3O6. The van der Waals surface area contributed by atoms with Gasteiger partial charge in [-0.2, -0.15) is 13.8 Å². The van der Waals surface area contributed by atoms with Crippen molar-refractivity contribution in [3.63, 3.8) is 0 Å². The minimum atomic E-state index is -1.30.